The summed E-state index contributed by atoms with van der Waals surface area (Å²) in [5, 5.41) is 7.51. The molecule has 5 nitrogen and oxygen atoms in total. The maximum Gasteiger partial charge on any atom is 0.262 e. The smallest absolute Gasteiger partial charge is 0.262 e. The van der Waals surface area contributed by atoms with Crippen molar-refractivity contribution in [1.82, 2.24) is 5.32 Å². The minimum Gasteiger partial charge on any atom is -0.483 e. The average molecular weight is 439 g/mol. The molecule has 0 saturated heterocycles. The molecule has 0 aromatic heterocycles. The van der Waals surface area contributed by atoms with Gasteiger partial charge in [-0.2, -0.15) is 0 Å². The fraction of sp³-hybridized carbons (Fsp3) is 0.0909. The van der Waals surface area contributed by atoms with Crippen molar-refractivity contribution >= 4 is 44.2 Å². The van der Waals surface area contributed by atoms with Crippen LogP contribution in [0.15, 0.2) is 77.8 Å². The van der Waals surface area contributed by atoms with Gasteiger partial charge in [0.15, 0.2) is 6.61 Å². The molecular weight excluding hydrogens is 420 g/mol. The van der Waals surface area contributed by atoms with Crippen molar-refractivity contribution in [1.29, 1.82) is 0 Å². The summed E-state index contributed by atoms with van der Waals surface area (Å²) in [6, 6.07) is 18.4. The van der Waals surface area contributed by atoms with E-state index >= 15 is 0 Å². The minimum absolute atomic E-state index is 0.181. The summed E-state index contributed by atoms with van der Waals surface area (Å²) in [5.41, 5.74) is 0.805. The Labute approximate surface area is 171 Å². The van der Waals surface area contributed by atoms with Crippen LogP contribution >= 0.6 is 15.9 Å². The molecule has 0 radical (unpaired) electrons. The number of benzene rings is 3. The molecule has 0 aliphatic heterocycles. The third-order valence-corrected chi connectivity index (χ3v) is 4.86. The Morgan fingerprint density at radius 1 is 1.04 bits per heavy atom. The molecule has 3 rings (SSSR count). The van der Waals surface area contributed by atoms with Crippen LogP contribution in [0, 0.1) is 0 Å². The highest BCUT2D eigenvalue weighted by atomic mass is 79.9. The standard InChI is InChI=1S/C22H19BrN2O3/c1-2-13-24-22(27)17-9-5-6-10-18(17)25-20(26)14-28-19-12-11-15-7-3-4-8-16(15)21(19)23/h2-12H,1,13-14H2,(H,24,27)(H,25,26). The maximum atomic E-state index is 12.4. The van der Waals surface area contributed by atoms with Gasteiger partial charge in [0, 0.05) is 6.54 Å². The molecule has 2 N–H and O–H groups in total. The highest BCUT2D eigenvalue weighted by Gasteiger charge is 2.13. The van der Waals surface area contributed by atoms with Crippen molar-refractivity contribution in [3.05, 3.63) is 83.4 Å². The van der Waals surface area contributed by atoms with Gasteiger partial charge < -0.3 is 15.4 Å². The van der Waals surface area contributed by atoms with Crippen LogP contribution in [-0.4, -0.2) is 25.0 Å². The van der Waals surface area contributed by atoms with Gasteiger partial charge in [-0.25, -0.2) is 0 Å². The highest BCUT2D eigenvalue weighted by molar-refractivity contribution is 9.10. The molecular formula is C22H19BrN2O3. The van der Waals surface area contributed by atoms with Crippen molar-refractivity contribution in [3.8, 4) is 5.75 Å². The van der Waals surface area contributed by atoms with Gasteiger partial charge in [0.25, 0.3) is 11.8 Å². The van der Waals surface area contributed by atoms with Gasteiger partial charge in [-0.3, -0.25) is 9.59 Å². The predicted molar refractivity (Wildman–Crippen MR) is 115 cm³/mol. The molecule has 3 aromatic rings. The number of fused-ring (bicyclic) bond motifs is 1. The monoisotopic (exact) mass is 438 g/mol. The number of nitrogens with one attached hydrogen (secondary N) is 2. The first-order chi connectivity index (χ1) is 13.6. The number of carbonyl (C=O) groups is 2. The fourth-order valence-electron chi connectivity index (χ4n) is 2.70. The molecule has 6 heteroatoms. The summed E-state index contributed by atoms with van der Waals surface area (Å²) < 4.78 is 6.47. The van der Waals surface area contributed by atoms with Gasteiger partial charge in [0.05, 0.1) is 15.7 Å². The highest BCUT2D eigenvalue weighted by Crippen LogP contribution is 2.33. The molecule has 0 heterocycles. The van der Waals surface area contributed by atoms with E-state index in [-0.39, 0.29) is 18.4 Å². The van der Waals surface area contributed by atoms with Gasteiger partial charge in [0.2, 0.25) is 0 Å². The Hall–Kier alpha value is -3.12. The normalized spacial score (nSPS) is 10.3. The van der Waals surface area contributed by atoms with Crippen LogP contribution in [0.5, 0.6) is 5.75 Å². The number of anilines is 1. The lowest BCUT2D eigenvalue weighted by Gasteiger charge is -2.13. The Kier molecular flexibility index (Phi) is 6.45. The Balaban J connectivity index is 1.68. The number of hydrogen-bond donors (Lipinski definition) is 2. The summed E-state index contributed by atoms with van der Waals surface area (Å²) in [4.78, 5) is 24.6. The fourth-order valence-corrected chi connectivity index (χ4v) is 3.31. The summed E-state index contributed by atoms with van der Waals surface area (Å²) in [7, 11) is 0. The van der Waals surface area contributed by atoms with Gasteiger partial charge in [0.1, 0.15) is 5.75 Å². The summed E-state index contributed by atoms with van der Waals surface area (Å²) in [6.45, 7) is 3.74. The van der Waals surface area contributed by atoms with Crippen LogP contribution in [0.4, 0.5) is 5.69 Å². The van der Waals surface area contributed by atoms with Crippen molar-refractivity contribution in [2.45, 2.75) is 0 Å². The lowest BCUT2D eigenvalue weighted by Crippen LogP contribution is -2.26. The minimum atomic E-state index is -0.357. The van der Waals surface area contributed by atoms with E-state index in [4.69, 9.17) is 4.74 Å². The van der Waals surface area contributed by atoms with Crippen LogP contribution in [0.1, 0.15) is 10.4 Å². The number of amides is 2. The average Bonchev–Trinajstić information content (AvgIpc) is 2.72. The summed E-state index contributed by atoms with van der Waals surface area (Å²) in [5.74, 6) is -0.0658. The number of rotatable bonds is 7. The zero-order valence-corrected chi connectivity index (χ0v) is 16.7. The van der Waals surface area contributed by atoms with E-state index in [1.807, 2.05) is 36.4 Å². The van der Waals surface area contributed by atoms with Crippen LogP contribution in [-0.2, 0) is 4.79 Å². The maximum absolute atomic E-state index is 12.4. The molecule has 0 aliphatic rings. The Bertz CT molecular complexity index is 1030. The van der Waals surface area contributed by atoms with E-state index in [1.54, 1.807) is 30.3 Å². The van der Waals surface area contributed by atoms with Gasteiger partial charge in [-0.15, -0.1) is 6.58 Å². The predicted octanol–water partition coefficient (Wildman–Crippen LogP) is 4.54. The molecule has 0 bridgehead atoms. The lowest BCUT2D eigenvalue weighted by atomic mass is 10.1. The Morgan fingerprint density at radius 3 is 2.61 bits per heavy atom. The lowest BCUT2D eigenvalue weighted by molar-refractivity contribution is -0.118. The van der Waals surface area contributed by atoms with Crippen LogP contribution in [0.3, 0.4) is 0 Å². The number of ether oxygens (including phenoxy) is 1. The largest absolute Gasteiger partial charge is 0.483 e. The second-order valence-electron chi connectivity index (χ2n) is 5.98. The third-order valence-electron chi connectivity index (χ3n) is 4.04. The van der Waals surface area contributed by atoms with Gasteiger partial charge in [-0.05, 0) is 44.9 Å². The molecule has 28 heavy (non-hydrogen) atoms. The first-order valence-corrected chi connectivity index (χ1v) is 9.47. The SMILES string of the molecule is C=CCNC(=O)c1ccccc1NC(=O)COc1ccc2ccccc2c1Br. The third kappa shape index (κ3) is 4.58. The van der Waals surface area contributed by atoms with Gasteiger partial charge in [-0.1, -0.05) is 48.5 Å². The molecule has 0 fully saturated rings. The van der Waals surface area contributed by atoms with E-state index in [9.17, 15) is 9.59 Å². The van der Waals surface area contributed by atoms with E-state index in [0.717, 1.165) is 15.2 Å². The van der Waals surface area contributed by atoms with E-state index in [1.165, 1.54) is 0 Å². The molecule has 0 aliphatic carbocycles. The van der Waals surface area contributed by atoms with Crippen molar-refractivity contribution in [2.75, 3.05) is 18.5 Å². The second-order valence-corrected chi connectivity index (χ2v) is 6.77. The number of halogens is 1. The van der Waals surface area contributed by atoms with E-state index in [0.29, 0.717) is 23.5 Å². The van der Waals surface area contributed by atoms with Crippen LogP contribution in [0.2, 0.25) is 0 Å². The summed E-state index contributed by atoms with van der Waals surface area (Å²) >= 11 is 3.54. The number of para-hydroxylation sites is 1. The van der Waals surface area contributed by atoms with E-state index in [2.05, 4.69) is 33.1 Å². The molecule has 3 aromatic carbocycles. The first-order valence-electron chi connectivity index (χ1n) is 8.68. The van der Waals surface area contributed by atoms with Gasteiger partial charge >= 0.3 is 0 Å². The van der Waals surface area contributed by atoms with Crippen molar-refractivity contribution in [3.63, 3.8) is 0 Å². The first kappa shape index (κ1) is 19.6. The second kappa shape index (κ2) is 9.19. The van der Waals surface area contributed by atoms with E-state index < -0.39 is 0 Å². The van der Waals surface area contributed by atoms with Crippen LogP contribution in [0.25, 0.3) is 10.8 Å². The molecule has 2 amide bonds. The molecule has 0 atom stereocenters. The number of hydrogen-bond acceptors (Lipinski definition) is 3. The molecule has 0 spiro atoms. The Morgan fingerprint density at radius 2 is 1.79 bits per heavy atom. The zero-order chi connectivity index (χ0) is 19.9. The number of carbonyl (C=O) groups excluding carboxylic acids is 2. The molecule has 0 saturated carbocycles. The van der Waals surface area contributed by atoms with Crippen molar-refractivity contribution in [2.24, 2.45) is 0 Å². The van der Waals surface area contributed by atoms with Crippen LogP contribution < -0.4 is 15.4 Å². The molecule has 0 unspecified atom stereocenters. The molecule has 142 valence electrons. The van der Waals surface area contributed by atoms with Crippen molar-refractivity contribution < 1.29 is 14.3 Å². The topological polar surface area (TPSA) is 67.4 Å². The quantitative estimate of drug-likeness (QED) is 0.532. The summed E-state index contributed by atoms with van der Waals surface area (Å²) in [6.07, 6.45) is 1.59. The zero-order valence-electron chi connectivity index (χ0n) is 15.1.